The fourth-order valence-electron chi connectivity index (χ4n) is 2.60. The normalized spacial score (nSPS) is 10.6. The Morgan fingerprint density at radius 1 is 1.00 bits per heavy atom. The van der Waals surface area contributed by atoms with Crippen molar-refractivity contribution in [1.29, 1.82) is 0 Å². The van der Waals surface area contributed by atoms with Gasteiger partial charge in [-0.3, -0.25) is 4.57 Å². The van der Waals surface area contributed by atoms with E-state index in [-0.39, 0.29) is 0 Å². The Labute approximate surface area is 146 Å². The highest BCUT2D eigenvalue weighted by Gasteiger charge is 2.17. The second-order valence-corrected chi connectivity index (χ2v) is 5.80. The maximum atomic E-state index is 11.5. The van der Waals surface area contributed by atoms with Crippen LogP contribution in [0, 0.1) is 11.8 Å². The van der Waals surface area contributed by atoms with Gasteiger partial charge in [0.15, 0.2) is 12.9 Å². The lowest BCUT2D eigenvalue weighted by atomic mass is 10.2. The molecule has 0 bridgehead atoms. The molecule has 0 fully saturated rings. The van der Waals surface area contributed by atoms with Crippen LogP contribution < -0.4 is 4.90 Å². The second kappa shape index (κ2) is 6.72. The number of aryl methyl sites for hydroxylation is 1. The molecule has 2 aromatic carbocycles. The van der Waals surface area contributed by atoms with Gasteiger partial charge in [-0.05, 0) is 43.3 Å². The van der Waals surface area contributed by atoms with E-state index in [0.717, 1.165) is 28.6 Å². The molecular formula is C18H20N5O2+. The van der Waals surface area contributed by atoms with Gasteiger partial charge >= 0.3 is 5.69 Å². The monoisotopic (exact) mass is 338 g/mol. The molecule has 1 heterocycles. The van der Waals surface area contributed by atoms with Crippen molar-refractivity contribution in [3.63, 3.8) is 0 Å². The van der Waals surface area contributed by atoms with Crippen molar-refractivity contribution in [2.75, 3.05) is 26.1 Å². The van der Waals surface area contributed by atoms with Crippen LogP contribution in [-0.4, -0.2) is 40.9 Å². The highest BCUT2D eigenvalue weighted by molar-refractivity contribution is 5.61. The van der Waals surface area contributed by atoms with Gasteiger partial charge in [0.2, 0.25) is 0 Å². The van der Waals surface area contributed by atoms with E-state index in [1.54, 1.807) is 12.1 Å². The molecule has 0 aliphatic heterocycles. The molecular weight excluding hydrogens is 318 g/mol. The minimum Gasteiger partial charge on any atom is -0.378 e. The zero-order valence-electron chi connectivity index (χ0n) is 14.7. The zero-order chi connectivity index (χ0) is 18.0. The maximum absolute atomic E-state index is 11.5. The molecule has 0 aliphatic carbocycles. The SMILES string of the molecule is CO[N+](=O)c1ccc(-c2nnc(C)n2-c2ccc(N(C)C)cc2)cc1. The summed E-state index contributed by atoms with van der Waals surface area (Å²) in [5.41, 5.74) is 3.39. The lowest BCUT2D eigenvalue weighted by molar-refractivity contribution is -0.736. The molecule has 1 aromatic heterocycles. The van der Waals surface area contributed by atoms with Crippen molar-refractivity contribution in [2.45, 2.75) is 6.92 Å². The lowest BCUT2D eigenvalue weighted by Crippen LogP contribution is -2.08. The quantitative estimate of drug-likeness (QED) is 0.668. The first-order valence-electron chi connectivity index (χ1n) is 7.83. The smallest absolute Gasteiger partial charge is 0.316 e. The third-order valence-electron chi connectivity index (χ3n) is 3.95. The summed E-state index contributed by atoms with van der Waals surface area (Å²) < 4.78 is 1.99. The molecule has 0 N–H and O–H groups in total. The van der Waals surface area contributed by atoms with Crippen LogP contribution in [0.5, 0.6) is 0 Å². The predicted molar refractivity (Wildman–Crippen MR) is 96.2 cm³/mol. The highest BCUT2D eigenvalue weighted by Crippen LogP contribution is 2.25. The average Bonchev–Trinajstić information content (AvgIpc) is 3.02. The topological polar surface area (TPSA) is 63.3 Å². The largest absolute Gasteiger partial charge is 0.378 e. The Kier molecular flexibility index (Phi) is 4.47. The molecule has 7 heteroatoms. The van der Waals surface area contributed by atoms with E-state index in [1.807, 2.05) is 54.8 Å². The lowest BCUT2D eigenvalue weighted by Gasteiger charge is -2.14. The van der Waals surface area contributed by atoms with Crippen molar-refractivity contribution in [2.24, 2.45) is 0 Å². The van der Waals surface area contributed by atoms with E-state index >= 15 is 0 Å². The molecule has 0 unspecified atom stereocenters. The van der Waals surface area contributed by atoms with Crippen LogP contribution >= 0.6 is 0 Å². The summed E-state index contributed by atoms with van der Waals surface area (Å²) in [4.78, 5) is 18.7. The third kappa shape index (κ3) is 3.21. The van der Waals surface area contributed by atoms with Crippen molar-refractivity contribution in [3.8, 4) is 17.1 Å². The van der Waals surface area contributed by atoms with E-state index < -0.39 is 0 Å². The van der Waals surface area contributed by atoms with Gasteiger partial charge in [-0.25, -0.2) is 4.84 Å². The maximum Gasteiger partial charge on any atom is 0.316 e. The van der Waals surface area contributed by atoms with Gasteiger partial charge in [-0.2, -0.15) is 0 Å². The molecule has 3 aromatic rings. The van der Waals surface area contributed by atoms with Crippen LogP contribution in [0.1, 0.15) is 5.82 Å². The van der Waals surface area contributed by atoms with Crippen LogP contribution in [0.2, 0.25) is 0 Å². The Morgan fingerprint density at radius 2 is 1.64 bits per heavy atom. The highest BCUT2D eigenvalue weighted by atomic mass is 16.8. The molecule has 0 radical (unpaired) electrons. The van der Waals surface area contributed by atoms with Gasteiger partial charge in [0.25, 0.3) is 4.92 Å². The standard InChI is InChI=1S/C18H20N5O2/c1-13-19-20-18(14-5-7-17(8-6-14)23(24)25-4)22(13)16-11-9-15(10-12-16)21(2)3/h5-12H,1-4H3/q+1. The first-order valence-corrected chi connectivity index (χ1v) is 7.83. The van der Waals surface area contributed by atoms with Gasteiger partial charge in [-0.15, -0.1) is 10.2 Å². The van der Waals surface area contributed by atoms with Crippen LogP contribution in [0.15, 0.2) is 48.5 Å². The molecule has 0 atom stereocenters. The van der Waals surface area contributed by atoms with Crippen LogP contribution in [-0.2, 0) is 4.84 Å². The van der Waals surface area contributed by atoms with Gasteiger partial charge in [-0.1, -0.05) is 0 Å². The van der Waals surface area contributed by atoms with Crippen molar-refractivity contribution >= 4 is 11.4 Å². The van der Waals surface area contributed by atoms with E-state index in [4.69, 9.17) is 0 Å². The van der Waals surface area contributed by atoms with E-state index in [9.17, 15) is 4.91 Å². The Balaban J connectivity index is 2.00. The fraction of sp³-hybridized carbons (Fsp3) is 0.222. The van der Waals surface area contributed by atoms with Gasteiger partial charge < -0.3 is 4.90 Å². The van der Waals surface area contributed by atoms with Gasteiger partial charge in [0, 0.05) is 43.2 Å². The van der Waals surface area contributed by atoms with Gasteiger partial charge in [0.1, 0.15) is 5.82 Å². The minimum absolute atomic E-state index is 0.421. The second-order valence-electron chi connectivity index (χ2n) is 5.80. The fourth-order valence-corrected chi connectivity index (χ4v) is 2.60. The van der Waals surface area contributed by atoms with Crippen molar-refractivity contribution < 1.29 is 9.76 Å². The number of hydrogen-bond acceptors (Lipinski definition) is 5. The number of rotatable bonds is 5. The molecule has 0 saturated carbocycles. The Hall–Kier alpha value is -3.22. The van der Waals surface area contributed by atoms with E-state index in [0.29, 0.717) is 10.6 Å². The van der Waals surface area contributed by atoms with Crippen LogP contribution in [0.3, 0.4) is 0 Å². The van der Waals surface area contributed by atoms with Gasteiger partial charge in [0.05, 0.1) is 4.91 Å². The molecule has 0 amide bonds. The molecule has 128 valence electrons. The molecule has 0 spiro atoms. The van der Waals surface area contributed by atoms with E-state index in [1.165, 1.54) is 7.11 Å². The molecule has 3 rings (SSSR count). The summed E-state index contributed by atoms with van der Waals surface area (Å²) in [5, 5.41) is 8.50. The summed E-state index contributed by atoms with van der Waals surface area (Å²) >= 11 is 0. The Morgan fingerprint density at radius 3 is 2.20 bits per heavy atom. The van der Waals surface area contributed by atoms with Crippen LogP contribution in [0.4, 0.5) is 11.4 Å². The van der Waals surface area contributed by atoms with E-state index in [2.05, 4.69) is 27.2 Å². The molecule has 0 saturated heterocycles. The Bertz CT molecular complexity index is 883. The van der Waals surface area contributed by atoms with Crippen molar-refractivity contribution in [3.05, 3.63) is 59.3 Å². The third-order valence-corrected chi connectivity index (χ3v) is 3.95. The number of benzene rings is 2. The summed E-state index contributed by atoms with van der Waals surface area (Å²) in [6.45, 7) is 1.91. The number of aromatic nitrogens is 3. The first-order chi connectivity index (χ1) is 12.0. The first kappa shape index (κ1) is 16.6. The molecule has 25 heavy (non-hydrogen) atoms. The zero-order valence-corrected chi connectivity index (χ0v) is 14.7. The minimum atomic E-state index is 0.421. The predicted octanol–water partition coefficient (Wildman–Crippen LogP) is 3.28. The summed E-state index contributed by atoms with van der Waals surface area (Å²) in [7, 11) is 5.34. The average molecular weight is 338 g/mol. The van der Waals surface area contributed by atoms with Crippen LogP contribution in [0.25, 0.3) is 17.1 Å². The number of anilines is 1. The number of hydrogen-bond donors (Lipinski definition) is 0. The summed E-state index contributed by atoms with van der Waals surface area (Å²) in [6.07, 6.45) is 0. The molecule has 7 nitrogen and oxygen atoms in total. The summed E-state index contributed by atoms with van der Waals surface area (Å²) in [6, 6.07) is 15.2. The van der Waals surface area contributed by atoms with Crippen molar-refractivity contribution in [1.82, 2.24) is 14.8 Å². The summed E-state index contributed by atoms with van der Waals surface area (Å²) in [5.74, 6) is 1.51. The molecule has 0 aliphatic rings. The number of nitrogens with zero attached hydrogens (tertiary/aromatic N) is 5.